The Bertz CT molecular complexity index is 647. The van der Waals surface area contributed by atoms with E-state index in [0.717, 1.165) is 43.4 Å². The van der Waals surface area contributed by atoms with Crippen LogP contribution in [0.4, 0.5) is 0 Å². The van der Waals surface area contributed by atoms with Crippen LogP contribution in [-0.4, -0.2) is 12.1 Å². The molecule has 0 spiro atoms. The van der Waals surface area contributed by atoms with Gasteiger partial charge in [-0.25, -0.2) is 0 Å². The molecule has 3 fully saturated rings. The van der Waals surface area contributed by atoms with Crippen molar-refractivity contribution in [3.63, 3.8) is 0 Å². The Morgan fingerprint density at radius 1 is 1.20 bits per heavy atom. The Labute approximate surface area is 151 Å². The summed E-state index contributed by atoms with van der Waals surface area (Å²) in [6.45, 7) is 6.39. The maximum Gasteiger partial charge on any atom is 0.302 e. The van der Waals surface area contributed by atoms with E-state index in [9.17, 15) is 10.1 Å². The van der Waals surface area contributed by atoms with E-state index in [2.05, 4.69) is 26.0 Å². The molecule has 25 heavy (non-hydrogen) atoms. The molecule has 5 unspecified atom stereocenters. The van der Waals surface area contributed by atoms with Crippen LogP contribution in [0.2, 0.25) is 0 Å². The molecule has 0 radical (unpaired) electrons. The van der Waals surface area contributed by atoms with E-state index in [1.165, 1.54) is 32.6 Å². The van der Waals surface area contributed by atoms with Crippen molar-refractivity contribution in [2.75, 3.05) is 0 Å². The molecule has 7 atom stereocenters. The van der Waals surface area contributed by atoms with Gasteiger partial charge in [0.25, 0.3) is 0 Å². The molecule has 3 nitrogen and oxygen atoms in total. The van der Waals surface area contributed by atoms with Gasteiger partial charge < -0.3 is 4.74 Å². The summed E-state index contributed by atoms with van der Waals surface area (Å²) in [5.74, 6) is 2.33. The smallest absolute Gasteiger partial charge is 0.302 e. The van der Waals surface area contributed by atoms with Crippen molar-refractivity contribution < 1.29 is 9.53 Å². The van der Waals surface area contributed by atoms with Gasteiger partial charge in [0.05, 0.1) is 12.0 Å². The first kappa shape index (κ1) is 17.1. The molecule has 0 amide bonds. The number of esters is 1. The monoisotopic (exact) mass is 341 g/mol. The molecule has 3 saturated carbocycles. The van der Waals surface area contributed by atoms with E-state index in [-0.39, 0.29) is 28.8 Å². The van der Waals surface area contributed by atoms with Crippen molar-refractivity contribution in [1.82, 2.24) is 0 Å². The zero-order chi connectivity index (χ0) is 17.8. The molecule has 0 heterocycles. The maximum absolute atomic E-state index is 11.3. The van der Waals surface area contributed by atoms with Gasteiger partial charge in [-0.05, 0) is 73.5 Å². The highest BCUT2D eigenvalue weighted by Crippen LogP contribution is 2.66. The van der Waals surface area contributed by atoms with Crippen molar-refractivity contribution in [3.8, 4) is 6.07 Å². The van der Waals surface area contributed by atoms with Crippen LogP contribution in [0.5, 0.6) is 0 Å². The normalized spacial score (nSPS) is 48.4. The number of nitriles is 1. The second-order valence-corrected chi connectivity index (χ2v) is 9.54. The molecule has 4 aliphatic rings. The third kappa shape index (κ3) is 2.47. The van der Waals surface area contributed by atoms with Gasteiger partial charge in [0, 0.05) is 13.3 Å². The minimum Gasteiger partial charge on any atom is -0.462 e. The fourth-order valence-corrected chi connectivity index (χ4v) is 7.18. The predicted molar refractivity (Wildman–Crippen MR) is 96.4 cm³/mol. The number of nitrogens with zero attached hydrogens (tertiary/aromatic N) is 1. The summed E-state index contributed by atoms with van der Waals surface area (Å²) in [6.07, 6.45) is 11.6. The van der Waals surface area contributed by atoms with Gasteiger partial charge in [0.2, 0.25) is 0 Å². The zero-order valence-electron chi connectivity index (χ0n) is 15.9. The molecule has 0 aromatic carbocycles. The van der Waals surface area contributed by atoms with Crippen molar-refractivity contribution in [1.29, 1.82) is 5.26 Å². The van der Waals surface area contributed by atoms with Crippen LogP contribution in [0.15, 0.2) is 11.6 Å². The van der Waals surface area contributed by atoms with Crippen molar-refractivity contribution in [3.05, 3.63) is 11.6 Å². The SMILES string of the molecule is CC(=O)OC1CC[C@@]2(C)C(=CCC3C4CCC(C#N)[C@@]4(C)CCC32)C1. The number of carbonyl (C=O) groups is 1. The average molecular weight is 341 g/mol. The van der Waals surface area contributed by atoms with Gasteiger partial charge in [-0.3, -0.25) is 4.79 Å². The van der Waals surface area contributed by atoms with E-state index >= 15 is 0 Å². The van der Waals surface area contributed by atoms with E-state index in [1.807, 2.05) is 0 Å². The summed E-state index contributed by atoms with van der Waals surface area (Å²) < 4.78 is 5.52. The van der Waals surface area contributed by atoms with Gasteiger partial charge in [0.15, 0.2) is 0 Å². The van der Waals surface area contributed by atoms with Gasteiger partial charge >= 0.3 is 5.97 Å². The van der Waals surface area contributed by atoms with Crippen LogP contribution in [0.25, 0.3) is 0 Å². The van der Waals surface area contributed by atoms with Crippen LogP contribution >= 0.6 is 0 Å². The largest absolute Gasteiger partial charge is 0.462 e. The number of fused-ring (bicyclic) bond motifs is 5. The van der Waals surface area contributed by atoms with E-state index in [0.29, 0.717) is 0 Å². The first-order chi connectivity index (χ1) is 11.9. The highest BCUT2D eigenvalue weighted by Gasteiger charge is 2.58. The topological polar surface area (TPSA) is 50.1 Å². The highest BCUT2D eigenvalue weighted by atomic mass is 16.5. The lowest BCUT2D eigenvalue weighted by atomic mass is 9.47. The molecule has 0 aromatic heterocycles. The number of allylic oxidation sites excluding steroid dienone is 1. The Balaban J connectivity index is 1.59. The second-order valence-electron chi connectivity index (χ2n) is 9.54. The third-order valence-corrected chi connectivity index (χ3v) is 8.55. The Morgan fingerprint density at radius 2 is 2.00 bits per heavy atom. The zero-order valence-corrected chi connectivity index (χ0v) is 15.9. The molecular weight excluding hydrogens is 310 g/mol. The molecule has 136 valence electrons. The predicted octanol–water partition coefficient (Wildman–Crippen LogP) is 5.02. The summed E-state index contributed by atoms with van der Waals surface area (Å²) in [7, 11) is 0. The number of ether oxygens (including phenoxy) is 1. The number of hydrogen-bond acceptors (Lipinski definition) is 3. The van der Waals surface area contributed by atoms with Crippen LogP contribution in [0, 0.1) is 45.8 Å². The van der Waals surface area contributed by atoms with Gasteiger partial charge in [0.1, 0.15) is 6.10 Å². The highest BCUT2D eigenvalue weighted by molar-refractivity contribution is 5.66. The molecule has 3 heteroatoms. The molecule has 0 bridgehead atoms. The van der Waals surface area contributed by atoms with E-state index in [4.69, 9.17) is 4.74 Å². The first-order valence-electron chi connectivity index (χ1n) is 10.1. The maximum atomic E-state index is 11.3. The molecular formula is C22H31NO2. The quantitative estimate of drug-likeness (QED) is 0.497. The second kappa shape index (κ2) is 5.86. The minimum atomic E-state index is -0.148. The van der Waals surface area contributed by atoms with Gasteiger partial charge in [-0.2, -0.15) is 5.26 Å². The van der Waals surface area contributed by atoms with Crippen LogP contribution < -0.4 is 0 Å². The Kier molecular flexibility index (Phi) is 4.02. The third-order valence-electron chi connectivity index (χ3n) is 8.55. The standard InChI is InChI=1S/C22H31NO2/c1-14(24)25-17-8-10-21(2)15(12-17)4-6-18-19-7-5-16(13-23)22(19,3)11-9-20(18)21/h4,16-20H,5-12H2,1-3H3/t16?,17?,18?,19?,20?,21-,22+/m0/s1. The summed E-state index contributed by atoms with van der Waals surface area (Å²) in [6, 6.07) is 2.63. The van der Waals surface area contributed by atoms with Crippen molar-refractivity contribution in [2.45, 2.75) is 78.2 Å². The summed E-state index contributed by atoms with van der Waals surface area (Å²) in [5, 5.41) is 9.60. The average Bonchev–Trinajstić information content (AvgIpc) is 2.91. The van der Waals surface area contributed by atoms with Crippen LogP contribution in [0.1, 0.15) is 72.1 Å². The van der Waals surface area contributed by atoms with Crippen LogP contribution in [0.3, 0.4) is 0 Å². The molecule has 0 aliphatic heterocycles. The number of rotatable bonds is 1. The lowest BCUT2D eigenvalue weighted by Gasteiger charge is -2.57. The molecule has 0 aromatic rings. The molecule has 0 saturated heterocycles. The Morgan fingerprint density at radius 3 is 2.72 bits per heavy atom. The Hall–Kier alpha value is -1.30. The first-order valence-corrected chi connectivity index (χ1v) is 10.1. The number of carbonyl (C=O) groups excluding carboxylic acids is 1. The molecule has 0 N–H and O–H groups in total. The van der Waals surface area contributed by atoms with Gasteiger partial charge in [-0.1, -0.05) is 25.5 Å². The van der Waals surface area contributed by atoms with Crippen molar-refractivity contribution >= 4 is 5.97 Å². The lowest BCUT2D eigenvalue weighted by molar-refractivity contribution is -0.148. The van der Waals surface area contributed by atoms with Gasteiger partial charge in [-0.15, -0.1) is 0 Å². The summed E-state index contributed by atoms with van der Waals surface area (Å²) in [5.41, 5.74) is 2.07. The minimum absolute atomic E-state index is 0.0803. The fourth-order valence-electron chi connectivity index (χ4n) is 7.18. The lowest BCUT2D eigenvalue weighted by Crippen LogP contribution is -2.50. The molecule has 4 rings (SSSR count). The number of hydrogen-bond donors (Lipinski definition) is 0. The van der Waals surface area contributed by atoms with E-state index in [1.54, 1.807) is 5.57 Å². The van der Waals surface area contributed by atoms with Crippen molar-refractivity contribution in [2.24, 2.45) is 34.5 Å². The molecule has 4 aliphatic carbocycles. The summed E-state index contributed by atoms with van der Waals surface area (Å²) >= 11 is 0. The van der Waals surface area contributed by atoms with Crippen LogP contribution in [-0.2, 0) is 9.53 Å². The van der Waals surface area contributed by atoms with E-state index < -0.39 is 0 Å². The summed E-state index contributed by atoms with van der Waals surface area (Å²) in [4.78, 5) is 11.3. The fraction of sp³-hybridized carbons (Fsp3) is 0.818.